The first-order chi connectivity index (χ1) is 6.56. The van der Waals surface area contributed by atoms with Crippen LogP contribution in [0.25, 0.3) is 0 Å². The molecule has 0 heterocycles. The van der Waals surface area contributed by atoms with Crippen LogP contribution in [-0.2, 0) is 0 Å². The van der Waals surface area contributed by atoms with Crippen molar-refractivity contribution in [2.75, 3.05) is 0 Å². The molecule has 0 spiro atoms. The number of rotatable bonds is 5. The average Bonchev–Trinajstić information content (AvgIpc) is 2.00. The molecule has 15 heavy (non-hydrogen) atoms. The first-order valence-electron chi connectivity index (χ1n) is 4.69. The second kappa shape index (κ2) is 4.61. The van der Waals surface area contributed by atoms with E-state index in [1.54, 1.807) is 6.92 Å². The van der Waals surface area contributed by atoms with Crippen LogP contribution in [0, 0.1) is 0 Å². The van der Waals surface area contributed by atoms with Gasteiger partial charge in [0.2, 0.25) is 0 Å². The fourth-order valence-electron chi connectivity index (χ4n) is 1.23. The smallest absolute Gasteiger partial charge is 0.227 e. The number of hydrogen-bond donors (Lipinski definition) is 0. The van der Waals surface area contributed by atoms with Crippen molar-refractivity contribution in [2.45, 2.75) is 57.3 Å². The van der Waals surface area contributed by atoms with E-state index < -0.39 is 24.2 Å². The van der Waals surface area contributed by atoms with E-state index in [2.05, 4.69) is 0 Å². The third-order valence-corrected chi connectivity index (χ3v) is 2.27. The van der Waals surface area contributed by atoms with E-state index >= 15 is 0 Å². The maximum absolute atomic E-state index is 13.3. The van der Waals surface area contributed by atoms with Crippen LogP contribution in [0.5, 0.6) is 0 Å². The third kappa shape index (κ3) is 3.28. The molecule has 0 aliphatic heterocycles. The maximum Gasteiger partial charge on any atom is 0.428 e. The highest BCUT2D eigenvalue weighted by molar-refractivity contribution is 4.97. The van der Waals surface area contributed by atoms with Crippen LogP contribution in [0.4, 0.5) is 26.3 Å². The predicted octanol–water partition coefficient (Wildman–Crippen LogP) is 4.49. The Morgan fingerprint density at radius 3 is 1.60 bits per heavy atom. The van der Waals surface area contributed by atoms with Gasteiger partial charge in [-0.15, -0.1) is 0 Å². The lowest BCUT2D eigenvalue weighted by atomic mass is 9.91. The summed E-state index contributed by atoms with van der Waals surface area (Å²) in [4.78, 5) is 0. The third-order valence-electron chi connectivity index (χ3n) is 2.27. The fraction of sp³-hybridized carbons (Fsp3) is 1.00. The Morgan fingerprint density at radius 2 is 1.33 bits per heavy atom. The zero-order chi connectivity index (χ0) is 12.3. The number of unbranched alkanes of at least 4 members (excludes halogenated alkanes) is 2. The number of hydrogen-bond acceptors (Lipinski definition) is 0. The van der Waals surface area contributed by atoms with Crippen molar-refractivity contribution in [1.29, 1.82) is 0 Å². The Morgan fingerprint density at radius 1 is 0.867 bits per heavy atom. The Bertz CT molecular complexity index is 176. The van der Waals surface area contributed by atoms with Crippen LogP contribution < -0.4 is 0 Å². The van der Waals surface area contributed by atoms with Gasteiger partial charge in [0.25, 0.3) is 11.6 Å². The van der Waals surface area contributed by atoms with Crippen LogP contribution in [0.15, 0.2) is 0 Å². The van der Waals surface area contributed by atoms with Crippen molar-refractivity contribution in [1.82, 2.24) is 0 Å². The van der Waals surface area contributed by atoms with Gasteiger partial charge in [0.05, 0.1) is 0 Å². The van der Waals surface area contributed by atoms with Gasteiger partial charge in [-0.25, -0.2) is 13.2 Å². The van der Waals surface area contributed by atoms with Gasteiger partial charge in [-0.05, 0) is 12.8 Å². The molecule has 0 radical (unpaired) electrons. The summed E-state index contributed by atoms with van der Waals surface area (Å²) < 4.78 is 75.0. The summed E-state index contributed by atoms with van der Waals surface area (Å²) >= 11 is 0. The average molecular weight is 236 g/mol. The van der Waals surface area contributed by atoms with Crippen molar-refractivity contribution in [3.8, 4) is 0 Å². The molecular weight excluding hydrogens is 222 g/mol. The van der Waals surface area contributed by atoms with Gasteiger partial charge < -0.3 is 0 Å². The molecule has 0 saturated carbocycles. The molecule has 0 aromatic carbocycles. The highest BCUT2D eigenvalue weighted by atomic mass is 19.4. The van der Waals surface area contributed by atoms with Crippen molar-refractivity contribution < 1.29 is 26.3 Å². The highest BCUT2D eigenvalue weighted by Gasteiger charge is 2.67. The van der Waals surface area contributed by atoms with E-state index in [-0.39, 0.29) is 13.3 Å². The Hall–Kier alpha value is -0.420. The summed E-state index contributed by atoms with van der Waals surface area (Å²) in [5.41, 5.74) is -4.41. The Labute approximate surface area is 84.7 Å². The quantitative estimate of drug-likeness (QED) is 0.487. The lowest BCUT2D eigenvalue weighted by molar-refractivity contribution is -0.299. The molecule has 1 atom stereocenters. The molecule has 0 amide bonds. The van der Waals surface area contributed by atoms with E-state index in [4.69, 9.17) is 0 Å². The minimum absolute atomic E-state index is 0.0353. The van der Waals surface area contributed by atoms with Gasteiger partial charge in [0, 0.05) is 6.92 Å². The minimum Gasteiger partial charge on any atom is -0.227 e. The van der Waals surface area contributed by atoms with E-state index in [0.29, 0.717) is 12.8 Å². The number of alkyl halides is 6. The lowest BCUT2D eigenvalue weighted by Crippen LogP contribution is -2.53. The molecule has 92 valence electrons. The SMILES string of the molecule is CCCCCC(F)(C(C)(F)F)C(F)(F)F. The van der Waals surface area contributed by atoms with E-state index in [1.807, 2.05) is 0 Å². The van der Waals surface area contributed by atoms with Crippen molar-refractivity contribution >= 4 is 0 Å². The molecule has 0 N–H and O–H groups in total. The molecule has 0 aromatic rings. The lowest BCUT2D eigenvalue weighted by Gasteiger charge is -2.32. The van der Waals surface area contributed by atoms with Gasteiger partial charge in [-0.2, -0.15) is 13.2 Å². The van der Waals surface area contributed by atoms with Gasteiger partial charge >= 0.3 is 6.18 Å². The molecule has 0 aliphatic carbocycles. The Balaban J connectivity index is 4.74. The van der Waals surface area contributed by atoms with Crippen molar-refractivity contribution in [3.05, 3.63) is 0 Å². The molecule has 0 aliphatic rings. The zero-order valence-corrected chi connectivity index (χ0v) is 8.60. The van der Waals surface area contributed by atoms with Gasteiger partial charge in [-0.3, -0.25) is 0 Å². The van der Waals surface area contributed by atoms with E-state index in [9.17, 15) is 26.3 Å². The summed E-state index contributed by atoms with van der Waals surface area (Å²) in [5.74, 6) is -4.40. The molecule has 0 bridgehead atoms. The molecule has 0 aromatic heterocycles. The van der Waals surface area contributed by atoms with Gasteiger partial charge in [0.1, 0.15) is 0 Å². The molecule has 1 unspecified atom stereocenters. The summed E-state index contributed by atoms with van der Waals surface area (Å²) in [6, 6.07) is 0. The minimum atomic E-state index is -5.53. The first-order valence-corrected chi connectivity index (χ1v) is 4.69. The zero-order valence-electron chi connectivity index (χ0n) is 8.60. The van der Waals surface area contributed by atoms with Crippen molar-refractivity contribution in [2.24, 2.45) is 0 Å². The maximum atomic E-state index is 13.3. The van der Waals surface area contributed by atoms with E-state index in [1.165, 1.54) is 0 Å². The molecule has 0 nitrogen and oxygen atoms in total. The topological polar surface area (TPSA) is 0 Å². The first kappa shape index (κ1) is 14.6. The van der Waals surface area contributed by atoms with Gasteiger partial charge in [0.15, 0.2) is 0 Å². The Kier molecular flexibility index (Phi) is 4.49. The molecule has 0 rings (SSSR count). The molecule has 0 saturated heterocycles. The molecular formula is C9H14F6. The van der Waals surface area contributed by atoms with Crippen LogP contribution in [0.1, 0.15) is 39.5 Å². The van der Waals surface area contributed by atoms with E-state index in [0.717, 1.165) is 0 Å². The monoisotopic (exact) mass is 236 g/mol. The van der Waals surface area contributed by atoms with Crippen LogP contribution in [0.3, 0.4) is 0 Å². The summed E-state index contributed by atoms with van der Waals surface area (Å²) in [6.45, 7) is 1.66. The molecule has 6 heteroatoms. The summed E-state index contributed by atoms with van der Waals surface area (Å²) in [5, 5.41) is 0. The fourth-order valence-corrected chi connectivity index (χ4v) is 1.23. The van der Waals surface area contributed by atoms with Crippen LogP contribution >= 0.6 is 0 Å². The number of halogens is 6. The standard InChI is InChI=1S/C9H14F6/c1-3-4-5-6-8(12,7(2,10)11)9(13,14)15/h3-6H2,1-2H3. The predicted molar refractivity (Wildman–Crippen MR) is 44.7 cm³/mol. The largest absolute Gasteiger partial charge is 0.428 e. The second-order valence-corrected chi connectivity index (χ2v) is 3.64. The second-order valence-electron chi connectivity index (χ2n) is 3.64. The normalized spacial score (nSPS) is 17.6. The molecule has 0 fully saturated rings. The van der Waals surface area contributed by atoms with Crippen LogP contribution in [0.2, 0.25) is 0 Å². The highest BCUT2D eigenvalue weighted by Crippen LogP contribution is 2.48. The summed E-state index contributed by atoms with van der Waals surface area (Å²) in [6.07, 6.45) is -6.07. The van der Waals surface area contributed by atoms with Crippen molar-refractivity contribution in [3.63, 3.8) is 0 Å². The summed E-state index contributed by atoms with van der Waals surface area (Å²) in [7, 11) is 0. The van der Waals surface area contributed by atoms with Gasteiger partial charge in [-0.1, -0.05) is 19.8 Å². The van der Waals surface area contributed by atoms with Crippen LogP contribution in [-0.4, -0.2) is 17.8 Å².